The zero-order valence-electron chi connectivity index (χ0n) is 16.9. The predicted octanol–water partition coefficient (Wildman–Crippen LogP) is 4.63. The molecule has 0 saturated carbocycles. The van der Waals surface area contributed by atoms with E-state index in [1.807, 2.05) is 65.0 Å². The van der Waals surface area contributed by atoms with Crippen molar-refractivity contribution >= 4 is 44.9 Å². The lowest BCUT2D eigenvalue weighted by Crippen LogP contribution is -2.38. The first-order valence-electron chi connectivity index (χ1n) is 9.35. The van der Waals surface area contributed by atoms with Gasteiger partial charge in [0.05, 0.1) is 11.1 Å². The number of benzene rings is 1. The van der Waals surface area contributed by atoms with E-state index in [1.54, 1.807) is 9.47 Å². The van der Waals surface area contributed by atoms with Gasteiger partial charge >= 0.3 is 0 Å². The highest BCUT2D eigenvalue weighted by molar-refractivity contribution is 7.99. The maximum Gasteiger partial charge on any atom is 0.263 e. The molecule has 0 atom stereocenters. The Bertz CT molecular complexity index is 1050. The van der Waals surface area contributed by atoms with E-state index in [2.05, 4.69) is 0 Å². The molecule has 28 heavy (non-hydrogen) atoms. The minimum atomic E-state index is -0.0203. The summed E-state index contributed by atoms with van der Waals surface area (Å²) in [4.78, 5) is 34.3. The number of aryl methyl sites for hydroxylation is 2. The van der Waals surface area contributed by atoms with Crippen LogP contribution in [0.3, 0.4) is 0 Å². The van der Waals surface area contributed by atoms with Gasteiger partial charge in [-0.05, 0) is 52.3 Å². The Morgan fingerprint density at radius 1 is 1.25 bits per heavy atom. The molecule has 7 heteroatoms. The fraction of sp³-hybridized carbons (Fsp3) is 0.381. The number of nitrogens with zero attached hydrogens (tertiary/aromatic N) is 3. The molecule has 1 amide bonds. The first kappa shape index (κ1) is 20.6. The Morgan fingerprint density at radius 3 is 2.54 bits per heavy atom. The Labute approximate surface area is 173 Å². The standard InChI is InChI=1S/C21H25N3O2S2/c1-6-23-20(26)18-14(4)15(5)28-19(18)22-21(23)27-12-17(25)24(13(2)3)16-10-8-7-9-11-16/h7-11,13H,6,12H2,1-5H3. The maximum absolute atomic E-state index is 13.0. The minimum Gasteiger partial charge on any atom is -0.309 e. The summed E-state index contributed by atoms with van der Waals surface area (Å²) >= 11 is 2.87. The van der Waals surface area contributed by atoms with Gasteiger partial charge in [-0.2, -0.15) is 0 Å². The number of thioether (sulfide) groups is 1. The summed E-state index contributed by atoms with van der Waals surface area (Å²) in [5, 5.41) is 1.31. The lowest BCUT2D eigenvalue weighted by Gasteiger charge is -2.26. The third-order valence-corrected chi connectivity index (χ3v) is 6.78. The van der Waals surface area contributed by atoms with Gasteiger partial charge in [0.1, 0.15) is 4.83 Å². The zero-order valence-corrected chi connectivity index (χ0v) is 18.5. The first-order valence-corrected chi connectivity index (χ1v) is 11.2. The number of anilines is 1. The van der Waals surface area contributed by atoms with E-state index in [-0.39, 0.29) is 23.3 Å². The summed E-state index contributed by atoms with van der Waals surface area (Å²) in [6, 6.07) is 9.71. The Hall–Kier alpha value is -2.12. The van der Waals surface area contributed by atoms with E-state index in [0.717, 1.165) is 21.0 Å². The van der Waals surface area contributed by atoms with Crippen molar-refractivity contribution in [3.8, 4) is 0 Å². The van der Waals surface area contributed by atoms with Crippen molar-refractivity contribution in [2.45, 2.75) is 52.4 Å². The number of aromatic nitrogens is 2. The summed E-state index contributed by atoms with van der Waals surface area (Å²) in [5.74, 6) is 0.232. The van der Waals surface area contributed by atoms with E-state index in [1.165, 1.54) is 23.1 Å². The number of hydrogen-bond acceptors (Lipinski definition) is 5. The summed E-state index contributed by atoms with van der Waals surface area (Å²) in [7, 11) is 0. The number of para-hydroxylation sites is 1. The van der Waals surface area contributed by atoms with Gasteiger partial charge in [-0.15, -0.1) is 11.3 Å². The van der Waals surface area contributed by atoms with Crippen LogP contribution in [-0.4, -0.2) is 27.3 Å². The quantitative estimate of drug-likeness (QED) is 0.435. The van der Waals surface area contributed by atoms with Gasteiger partial charge < -0.3 is 4.90 Å². The van der Waals surface area contributed by atoms with Gasteiger partial charge in [0, 0.05) is 23.2 Å². The summed E-state index contributed by atoms with van der Waals surface area (Å²) < 4.78 is 1.67. The number of carbonyl (C=O) groups excluding carboxylic acids is 1. The largest absolute Gasteiger partial charge is 0.309 e. The molecule has 0 aliphatic carbocycles. The lowest BCUT2D eigenvalue weighted by molar-refractivity contribution is -0.116. The molecule has 0 N–H and O–H groups in total. The van der Waals surface area contributed by atoms with E-state index in [9.17, 15) is 9.59 Å². The molecule has 0 saturated heterocycles. The molecule has 1 aromatic carbocycles. The Morgan fingerprint density at radius 2 is 1.93 bits per heavy atom. The van der Waals surface area contributed by atoms with Crippen LogP contribution in [-0.2, 0) is 11.3 Å². The van der Waals surface area contributed by atoms with Crippen molar-refractivity contribution in [3.63, 3.8) is 0 Å². The van der Waals surface area contributed by atoms with Gasteiger partial charge in [-0.25, -0.2) is 4.98 Å². The summed E-state index contributed by atoms with van der Waals surface area (Å²) in [6.45, 7) is 10.4. The van der Waals surface area contributed by atoms with E-state index >= 15 is 0 Å². The van der Waals surface area contributed by atoms with Crippen molar-refractivity contribution < 1.29 is 4.79 Å². The molecule has 148 valence electrons. The summed E-state index contributed by atoms with van der Waals surface area (Å²) in [6.07, 6.45) is 0. The highest BCUT2D eigenvalue weighted by Gasteiger charge is 2.21. The highest BCUT2D eigenvalue weighted by atomic mass is 32.2. The Balaban J connectivity index is 1.90. The van der Waals surface area contributed by atoms with Crippen LogP contribution in [0.15, 0.2) is 40.3 Å². The SMILES string of the molecule is CCn1c(SCC(=O)N(c2ccccc2)C(C)C)nc2sc(C)c(C)c2c1=O. The molecule has 5 nitrogen and oxygen atoms in total. The van der Waals surface area contributed by atoms with E-state index in [0.29, 0.717) is 17.1 Å². The van der Waals surface area contributed by atoms with Gasteiger partial charge in [-0.3, -0.25) is 14.2 Å². The first-order chi connectivity index (χ1) is 13.3. The molecule has 3 aromatic rings. The number of rotatable bonds is 6. The third kappa shape index (κ3) is 3.86. The van der Waals surface area contributed by atoms with Gasteiger partial charge in [-0.1, -0.05) is 30.0 Å². The topological polar surface area (TPSA) is 55.2 Å². The number of carbonyl (C=O) groups is 1. The molecule has 0 aliphatic heterocycles. The number of thiophene rings is 1. The van der Waals surface area contributed by atoms with Crippen molar-refractivity contribution in [1.82, 2.24) is 9.55 Å². The van der Waals surface area contributed by atoms with E-state index < -0.39 is 0 Å². The van der Waals surface area contributed by atoms with Crippen molar-refractivity contribution in [2.75, 3.05) is 10.7 Å². The molecular formula is C21H25N3O2S2. The van der Waals surface area contributed by atoms with E-state index in [4.69, 9.17) is 4.98 Å². The lowest BCUT2D eigenvalue weighted by atomic mass is 10.2. The molecule has 0 spiro atoms. The van der Waals surface area contributed by atoms with Crippen LogP contribution in [0.4, 0.5) is 5.69 Å². The monoisotopic (exact) mass is 415 g/mol. The van der Waals surface area contributed by atoms with Gasteiger partial charge in [0.2, 0.25) is 5.91 Å². The molecule has 3 rings (SSSR count). The van der Waals surface area contributed by atoms with Crippen LogP contribution >= 0.6 is 23.1 Å². The molecule has 0 bridgehead atoms. The number of fused-ring (bicyclic) bond motifs is 1. The van der Waals surface area contributed by atoms with Crippen LogP contribution < -0.4 is 10.5 Å². The second-order valence-electron chi connectivity index (χ2n) is 6.89. The fourth-order valence-corrected chi connectivity index (χ4v) is 5.21. The van der Waals surface area contributed by atoms with Crippen LogP contribution in [0.5, 0.6) is 0 Å². The third-order valence-electron chi connectivity index (χ3n) is 4.71. The van der Waals surface area contributed by atoms with Gasteiger partial charge in [0.25, 0.3) is 5.56 Å². The van der Waals surface area contributed by atoms with Crippen molar-refractivity contribution in [2.24, 2.45) is 0 Å². The number of amides is 1. The molecule has 0 aliphatic rings. The average molecular weight is 416 g/mol. The zero-order chi connectivity index (χ0) is 20.4. The molecule has 2 aromatic heterocycles. The van der Waals surface area contributed by atoms with Crippen LogP contribution in [0.25, 0.3) is 10.2 Å². The molecule has 0 radical (unpaired) electrons. The molecule has 2 heterocycles. The van der Waals surface area contributed by atoms with Crippen LogP contribution in [0.1, 0.15) is 31.2 Å². The van der Waals surface area contributed by atoms with Crippen molar-refractivity contribution in [3.05, 3.63) is 51.1 Å². The number of hydrogen-bond donors (Lipinski definition) is 0. The highest BCUT2D eigenvalue weighted by Crippen LogP contribution is 2.29. The maximum atomic E-state index is 13.0. The predicted molar refractivity (Wildman–Crippen MR) is 119 cm³/mol. The average Bonchev–Trinajstić information content (AvgIpc) is 2.95. The molecular weight excluding hydrogens is 390 g/mol. The Kier molecular flexibility index (Phi) is 6.25. The van der Waals surface area contributed by atoms with Gasteiger partial charge in [0.15, 0.2) is 5.16 Å². The second kappa shape index (κ2) is 8.49. The van der Waals surface area contributed by atoms with Crippen LogP contribution in [0, 0.1) is 13.8 Å². The second-order valence-corrected chi connectivity index (χ2v) is 9.03. The molecule has 0 fully saturated rings. The fourth-order valence-electron chi connectivity index (χ4n) is 3.21. The smallest absolute Gasteiger partial charge is 0.263 e. The normalized spacial score (nSPS) is 11.4. The molecule has 0 unspecified atom stereocenters. The summed E-state index contributed by atoms with van der Waals surface area (Å²) in [5.41, 5.74) is 1.86. The van der Waals surface area contributed by atoms with Crippen LogP contribution in [0.2, 0.25) is 0 Å². The van der Waals surface area contributed by atoms with Crippen molar-refractivity contribution in [1.29, 1.82) is 0 Å². The minimum absolute atomic E-state index is 0.00161.